The molecule has 0 aliphatic carbocycles. The molecule has 0 unspecified atom stereocenters. The summed E-state index contributed by atoms with van der Waals surface area (Å²) in [5, 5.41) is 11.0. The van der Waals surface area contributed by atoms with Gasteiger partial charge in [0.2, 0.25) is 0 Å². The van der Waals surface area contributed by atoms with Crippen LogP contribution in [0.1, 0.15) is 0 Å². The minimum Gasteiger partial charge on any atom is -0.456 e. The molecule has 0 amide bonds. The Morgan fingerprint density at radius 3 is 2.27 bits per heavy atom. The molecular weight excluding hydrogens is 370 g/mol. The van der Waals surface area contributed by atoms with Gasteiger partial charge in [-0.15, -0.1) is 5.10 Å². The highest BCUT2D eigenvalue weighted by Crippen LogP contribution is 2.35. The normalized spacial score (nSPS) is 11.3. The minimum atomic E-state index is 0.833. The Labute approximate surface area is 173 Å². The summed E-state index contributed by atoms with van der Waals surface area (Å²) in [5.74, 6) is 0. The van der Waals surface area contributed by atoms with Gasteiger partial charge in [-0.05, 0) is 41.5 Å². The van der Waals surface area contributed by atoms with Crippen LogP contribution in [0.25, 0.3) is 50.0 Å². The molecule has 0 fully saturated rings. The van der Waals surface area contributed by atoms with Crippen LogP contribution < -0.4 is 0 Å². The van der Waals surface area contributed by atoms with E-state index in [1.54, 1.807) is 4.68 Å². The Morgan fingerprint density at radius 2 is 1.37 bits per heavy atom. The van der Waals surface area contributed by atoms with Crippen LogP contribution in [0.2, 0.25) is 0 Å². The fourth-order valence-electron chi connectivity index (χ4n) is 3.95. The van der Waals surface area contributed by atoms with Crippen LogP contribution in [-0.4, -0.2) is 15.0 Å². The van der Waals surface area contributed by atoms with Crippen molar-refractivity contribution in [2.75, 3.05) is 0 Å². The van der Waals surface area contributed by atoms with Gasteiger partial charge in [0.05, 0.1) is 11.9 Å². The maximum atomic E-state index is 6.09. The molecule has 6 aromatic rings. The summed E-state index contributed by atoms with van der Waals surface area (Å²) in [7, 11) is 0. The molecule has 0 aliphatic rings. The summed E-state index contributed by atoms with van der Waals surface area (Å²) >= 11 is 0. The highest BCUT2D eigenvalue weighted by molar-refractivity contribution is 6.06. The third kappa shape index (κ3) is 2.70. The molecule has 2 heterocycles. The Balaban J connectivity index is 1.47. The van der Waals surface area contributed by atoms with E-state index < -0.39 is 0 Å². The second-order valence-electron chi connectivity index (χ2n) is 7.24. The largest absolute Gasteiger partial charge is 0.456 e. The zero-order valence-electron chi connectivity index (χ0n) is 16.1. The molecule has 0 saturated carbocycles. The molecule has 0 bridgehead atoms. The minimum absolute atomic E-state index is 0.833. The van der Waals surface area contributed by atoms with Gasteiger partial charge in [-0.2, -0.15) is 0 Å². The van der Waals surface area contributed by atoms with Gasteiger partial charge in [0, 0.05) is 16.3 Å². The Hall–Kier alpha value is -4.18. The van der Waals surface area contributed by atoms with E-state index in [1.807, 2.05) is 66.9 Å². The van der Waals surface area contributed by atoms with Crippen molar-refractivity contribution in [3.8, 4) is 28.1 Å². The highest BCUT2D eigenvalue weighted by atomic mass is 16.3. The number of nitrogens with zero attached hydrogens (tertiary/aromatic N) is 3. The van der Waals surface area contributed by atoms with E-state index in [9.17, 15) is 0 Å². The van der Waals surface area contributed by atoms with Crippen molar-refractivity contribution < 1.29 is 4.42 Å². The van der Waals surface area contributed by atoms with E-state index in [1.165, 1.54) is 0 Å². The average Bonchev–Trinajstić information content (AvgIpc) is 3.44. The smallest absolute Gasteiger partial charge is 0.136 e. The van der Waals surface area contributed by atoms with Crippen molar-refractivity contribution in [2.45, 2.75) is 0 Å². The summed E-state index contributed by atoms with van der Waals surface area (Å²) in [4.78, 5) is 0. The summed E-state index contributed by atoms with van der Waals surface area (Å²) in [6, 6.07) is 32.8. The van der Waals surface area contributed by atoms with Crippen molar-refractivity contribution in [2.24, 2.45) is 0 Å². The van der Waals surface area contributed by atoms with Crippen LogP contribution in [0.4, 0.5) is 0 Å². The lowest BCUT2D eigenvalue weighted by atomic mass is 9.97. The first-order chi connectivity index (χ1) is 14.9. The second-order valence-corrected chi connectivity index (χ2v) is 7.24. The van der Waals surface area contributed by atoms with Gasteiger partial charge < -0.3 is 4.42 Å². The third-order valence-corrected chi connectivity index (χ3v) is 5.41. The molecule has 0 atom stereocenters. The van der Waals surface area contributed by atoms with Crippen LogP contribution in [0.5, 0.6) is 0 Å². The number of aromatic nitrogens is 3. The summed E-state index contributed by atoms with van der Waals surface area (Å²) in [5.41, 5.74) is 6.83. The molecule has 0 aliphatic heterocycles. The molecule has 0 radical (unpaired) electrons. The maximum absolute atomic E-state index is 6.09. The van der Waals surface area contributed by atoms with Gasteiger partial charge in [-0.25, -0.2) is 4.68 Å². The molecule has 4 aromatic carbocycles. The van der Waals surface area contributed by atoms with Crippen molar-refractivity contribution in [3.05, 3.63) is 103 Å². The van der Waals surface area contributed by atoms with Crippen LogP contribution in [0, 0.1) is 0 Å². The number of hydrogen-bond donors (Lipinski definition) is 0. The lowest BCUT2D eigenvalue weighted by Crippen LogP contribution is -1.93. The third-order valence-electron chi connectivity index (χ3n) is 5.41. The summed E-state index contributed by atoms with van der Waals surface area (Å²) in [6.45, 7) is 0. The van der Waals surface area contributed by atoms with Crippen molar-refractivity contribution >= 4 is 21.9 Å². The summed E-state index contributed by atoms with van der Waals surface area (Å²) < 4.78 is 7.89. The molecule has 142 valence electrons. The second kappa shape index (κ2) is 6.71. The number of furan rings is 1. The zero-order valence-corrected chi connectivity index (χ0v) is 16.1. The number of para-hydroxylation sites is 2. The van der Waals surface area contributed by atoms with Crippen LogP contribution in [0.15, 0.2) is 108 Å². The van der Waals surface area contributed by atoms with E-state index in [0.717, 1.165) is 50.0 Å². The van der Waals surface area contributed by atoms with E-state index >= 15 is 0 Å². The zero-order chi connectivity index (χ0) is 19.9. The van der Waals surface area contributed by atoms with Crippen molar-refractivity contribution in [1.29, 1.82) is 0 Å². The molecule has 6 rings (SSSR count). The first-order valence-electron chi connectivity index (χ1n) is 9.86. The van der Waals surface area contributed by atoms with Gasteiger partial charge in [0.1, 0.15) is 16.9 Å². The number of rotatable bonds is 3. The Morgan fingerprint density at radius 1 is 0.633 bits per heavy atom. The molecule has 30 heavy (non-hydrogen) atoms. The quantitative estimate of drug-likeness (QED) is 0.348. The lowest BCUT2D eigenvalue weighted by molar-refractivity contribution is 0.669. The van der Waals surface area contributed by atoms with E-state index in [4.69, 9.17) is 4.42 Å². The van der Waals surface area contributed by atoms with Crippen molar-refractivity contribution in [1.82, 2.24) is 15.0 Å². The number of fused-ring (bicyclic) bond motifs is 3. The molecule has 4 nitrogen and oxygen atoms in total. The van der Waals surface area contributed by atoms with Gasteiger partial charge >= 0.3 is 0 Å². The number of benzene rings is 4. The van der Waals surface area contributed by atoms with Crippen molar-refractivity contribution in [3.63, 3.8) is 0 Å². The SMILES string of the molecule is c1ccc(-n2cc(-c3ccccc3-c3ccc4c(c3)oc3ccccc34)nn2)cc1. The van der Waals surface area contributed by atoms with Crippen LogP contribution in [-0.2, 0) is 0 Å². The van der Waals surface area contributed by atoms with E-state index in [0.29, 0.717) is 0 Å². The maximum Gasteiger partial charge on any atom is 0.136 e. The van der Waals surface area contributed by atoms with Crippen LogP contribution >= 0.6 is 0 Å². The predicted octanol–water partition coefficient (Wildman–Crippen LogP) is 6.50. The Kier molecular flexibility index (Phi) is 3.74. The van der Waals surface area contributed by atoms with Crippen LogP contribution in [0.3, 0.4) is 0 Å². The summed E-state index contributed by atoms with van der Waals surface area (Å²) in [6.07, 6.45) is 1.97. The topological polar surface area (TPSA) is 43.9 Å². The molecule has 0 N–H and O–H groups in total. The first kappa shape index (κ1) is 16.7. The van der Waals surface area contributed by atoms with Gasteiger partial charge in [-0.1, -0.05) is 71.9 Å². The van der Waals surface area contributed by atoms with E-state index in [-0.39, 0.29) is 0 Å². The van der Waals surface area contributed by atoms with Gasteiger partial charge in [0.15, 0.2) is 0 Å². The molecule has 2 aromatic heterocycles. The molecule has 0 saturated heterocycles. The fraction of sp³-hybridized carbons (Fsp3) is 0. The monoisotopic (exact) mass is 387 g/mol. The highest BCUT2D eigenvalue weighted by Gasteiger charge is 2.13. The van der Waals surface area contributed by atoms with E-state index in [2.05, 4.69) is 46.7 Å². The lowest BCUT2D eigenvalue weighted by Gasteiger charge is -2.07. The first-order valence-corrected chi connectivity index (χ1v) is 9.86. The molecular formula is C26H17N3O. The standard InChI is InChI=1S/C26H17N3O/c1-2-8-19(9-3-1)29-17-24(27-28-29)21-11-5-4-10-20(21)18-14-15-23-22-12-6-7-13-25(22)30-26(23)16-18/h1-17H. The molecule has 0 spiro atoms. The average molecular weight is 387 g/mol. The fourth-order valence-corrected chi connectivity index (χ4v) is 3.95. The number of hydrogen-bond acceptors (Lipinski definition) is 3. The van der Waals surface area contributed by atoms with Gasteiger partial charge in [-0.3, -0.25) is 0 Å². The van der Waals surface area contributed by atoms with Gasteiger partial charge in [0.25, 0.3) is 0 Å². The predicted molar refractivity (Wildman–Crippen MR) is 120 cm³/mol. The molecule has 4 heteroatoms. The Bertz CT molecular complexity index is 1500.